The quantitative estimate of drug-likeness (QED) is 0.841. The molecule has 2 aromatic heterocycles. The van der Waals surface area contributed by atoms with Crippen molar-refractivity contribution in [1.29, 1.82) is 0 Å². The van der Waals surface area contributed by atoms with Crippen molar-refractivity contribution in [1.82, 2.24) is 10.3 Å². The SMILES string of the molecule is Cc1nc(C)c(C(C)NCc2ccc(I)o2)s1. The molecule has 0 spiro atoms. The van der Waals surface area contributed by atoms with E-state index in [2.05, 4.69) is 46.7 Å². The van der Waals surface area contributed by atoms with Crippen LogP contribution in [0.5, 0.6) is 0 Å². The van der Waals surface area contributed by atoms with Gasteiger partial charge < -0.3 is 9.73 Å². The van der Waals surface area contributed by atoms with Crippen molar-refractivity contribution in [2.45, 2.75) is 33.4 Å². The molecule has 3 nitrogen and oxygen atoms in total. The van der Waals surface area contributed by atoms with Crippen molar-refractivity contribution in [2.75, 3.05) is 0 Å². The fourth-order valence-corrected chi connectivity index (χ4v) is 3.16. The average molecular weight is 362 g/mol. The first-order chi connectivity index (χ1) is 8.06. The molecule has 0 saturated carbocycles. The summed E-state index contributed by atoms with van der Waals surface area (Å²) < 4.78 is 6.44. The van der Waals surface area contributed by atoms with Gasteiger partial charge in [0.15, 0.2) is 3.77 Å². The molecule has 0 radical (unpaired) electrons. The molecule has 0 aromatic carbocycles. The van der Waals surface area contributed by atoms with E-state index in [-0.39, 0.29) is 0 Å². The first-order valence-electron chi connectivity index (χ1n) is 5.48. The van der Waals surface area contributed by atoms with Gasteiger partial charge >= 0.3 is 0 Å². The number of aryl methyl sites for hydroxylation is 2. The molecule has 0 aliphatic carbocycles. The number of nitrogens with one attached hydrogen (secondary N) is 1. The molecule has 0 bridgehead atoms. The number of nitrogens with zero attached hydrogens (tertiary/aromatic N) is 1. The average Bonchev–Trinajstić information content (AvgIpc) is 2.81. The van der Waals surface area contributed by atoms with Gasteiger partial charge in [0.1, 0.15) is 5.76 Å². The zero-order valence-electron chi connectivity index (χ0n) is 10.1. The van der Waals surface area contributed by atoms with E-state index in [0.717, 1.165) is 26.8 Å². The topological polar surface area (TPSA) is 38.1 Å². The fourth-order valence-electron chi connectivity index (χ4n) is 1.74. The van der Waals surface area contributed by atoms with Crippen molar-refractivity contribution in [3.8, 4) is 0 Å². The van der Waals surface area contributed by atoms with Crippen LogP contribution in [0.25, 0.3) is 0 Å². The van der Waals surface area contributed by atoms with Crippen LogP contribution in [0.3, 0.4) is 0 Å². The maximum Gasteiger partial charge on any atom is 0.164 e. The van der Waals surface area contributed by atoms with Crippen LogP contribution in [0.15, 0.2) is 16.5 Å². The standard InChI is InChI=1S/C12H15IN2OS/c1-7(12-8(2)15-9(3)17-12)14-6-10-4-5-11(13)16-10/h4-5,7,14H,6H2,1-3H3. The lowest BCUT2D eigenvalue weighted by Crippen LogP contribution is -2.17. The Morgan fingerprint density at radius 3 is 2.76 bits per heavy atom. The molecule has 0 aliphatic heterocycles. The van der Waals surface area contributed by atoms with E-state index in [1.54, 1.807) is 11.3 Å². The minimum atomic E-state index is 0.309. The highest BCUT2D eigenvalue weighted by atomic mass is 127. The van der Waals surface area contributed by atoms with E-state index in [4.69, 9.17) is 4.42 Å². The lowest BCUT2D eigenvalue weighted by molar-refractivity contribution is 0.446. The van der Waals surface area contributed by atoms with Crippen LogP contribution in [-0.4, -0.2) is 4.98 Å². The summed E-state index contributed by atoms with van der Waals surface area (Å²) in [6, 6.07) is 4.29. The molecule has 1 atom stereocenters. The van der Waals surface area contributed by atoms with E-state index in [1.807, 2.05) is 19.1 Å². The van der Waals surface area contributed by atoms with Crippen LogP contribution in [-0.2, 0) is 6.54 Å². The van der Waals surface area contributed by atoms with Gasteiger partial charge in [-0.05, 0) is 55.5 Å². The predicted octanol–water partition coefficient (Wildman–Crippen LogP) is 3.81. The highest BCUT2D eigenvalue weighted by Gasteiger charge is 2.12. The molecule has 0 aliphatic rings. The number of aromatic nitrogens is 1. The highest BCUT2D eigenvalue weighted by molar-refractivity contribution is 14.1. The Hall–Kier alpha value is -0.400. The molecule has 92 valence electrons. The molecule has 0 amide bonds. The molecule has 5 heteroatoms. The third-order valence-corrected chi connectivity index (χ3v) is 4.38. The minimum absolute atomic E-state index is 0.309. The van der Waals surface area contributed by atoms with Gasteiger partial charge in [0.25, 0.3) is 0 Å². The van der Waals surface area contributed by atoms with Crippen LogP contribution < -0.4 is 5.32 Å². The molecule has 0 fully saturated rings. The van der Waals surface area contributed by atoms with Gasteiger partial charge in [-0.3, -0.25) is 0 Å². The lowest BCUT2D eigenvalue weighted by Gasteiger charge is -2.11. The van der Waals surface area contributed by atoms with Gasteiger partial charge in [0, 0.05) is 10.9 Å². The van der Waals surface area contributed by atoms with E-state index in [9.17, 15) is 0 Å². The second-order valence-electron chi connectivity index (χ2n) is 3.99. The minimum Gasteiger partial charge on any atom is -0.454 e. The first kappa shape index (κ1) is 13.0. The molecule has 2 aromatic rings. The van der Waals surface area contributed by atoms with Crippen molar-refractivity contribution >= 4 is 33.9 Å². The molecule has 1 unspecified atom stereocenters. The Morgan fingerprint density at radius 1 is 1.47 bits per heavy atom. The van der Waals surface area contributed by atoms with Crippen molar-refractivity contribution < 1.29 is 4.42 Å². The second-order valence-corrected chi connectivity index (χ2v) is 6.29. The molecule has 0 saturated heterocycles. The summed E-state index contributed by atoms with van der Waals surface area (Å²) in [5.74, 6) is 0.972. The van der Waals surface area contributed by atoms with Crippen LogP contribution >= 0.6 is 33.9 Å². The number of hydrogen-bond acceptors (Lipinski definition) is 4. The Kier molecular flexibility index (Phi) is 4.22. The Balaban J connectivity index is 1.97. The van der Waals surface area contributed by atoms with Gasteiger partial charge in [-0.2, -0.15) is 0 Å². The summed E-state index contributed by atoms with van der Waals surface area (Å²) in [7, 11) is 0. The summed E-state index contributed by atoms with van der Waals surface area (Å²) in [5, 5.41) is 4.58. The smallest absolute Gasteiger partial charge is 0.164 e. The van der Waals surface area contributed by atoms with Gasteiger partial charge in [-0.1, -0.05) is 0 Å². The maximum absolute atomic E-state index is 5.52. The molecular formula is C12H15IN2OS. The van der Waals surface area contributed by atoms with Gasteiger partial charge in [-0.15, -0.1) is 11.3 Å². The van der Waals surface area contributed by atoms with Crippen LogP contribution in [0.1, 0.15) is 34.3 Å². The number of thiazole rings is 1. The number of furan rings is 1. The molecule has 2 heterocycles. The van der Waals surface area contributed by atoms with Crippen LogP contribution in [0, 0.1) is 17.6 Å². The lowest BCUT2D eigenvalue weighted by atomic mass is 10.2. The number of rotatable bonds is 4. The highest BCUT2D eigenvalue weighted by Crippen LogP contribution is 2.24. The third-order valence-electron chi connectivity index (χ3n) is 2.54. The van der Waals surface area contributed by atoms with Crippen LogP contribution in [0.4, 0.5) is 0 Å². The van der Waals surface area contributed by atoms with E-state index in [1.165, 1.54) is 4.88 Å². The first-order valence-corrected chi connectivity index (χ1v) is 7.37. The Labute approximate surface area is 119 Å². The molecule has 2 rings (SSSR count). The summed E-state index contributed by atoms with van der Waals surface area (Å²) >= 11 is 3.93. The monoisotopic (exact) mass is 362 g/mol. The van der Waals surface area contributed by atoms with E-state index in [0.29, 0.717) is 6.04 Å². The zero-order valence-corrected chi connectivity index (χ0v) is 13.1. The molecular weight excluding hydrogens is 347 g/mol. The largest absolute Gasteiger partial charge is 0.454 e. The summed E-state index contributed by atoms with van der Waals surface area (Å²) in [6.07, 6.45) is 0. The van der Waals surface area contributed by atoms with Crippen molar-refractivity contribution in [3.63, 3.8) is 0 Å². The maximum atomic E-state index is 5.52. The number of halogens is 1. The normalized spacial score (nSPS) is 12.9. The van der Waals surface area contributed by atoms with Gasteiger partial charge in [0.05, 0.1) is 17.2 Å². The molecule has 17 heavy (non-hydrogen) atoms. The fraction of sp³-hybridized carbons (Fsp3) is 0.417. The van der Waals surface area contributed by atoms with Crippen molar-refractivity contribution in [3.05, 3.63) is 37.2 Å². The Morgan fingerprint density at radius 2 is 2.24 bits per heavy atom. The third kappa shape index (κ3) is 3.29. The zero-order chi connectivity index (χ0) is 12.4. The number of hydrogen-bond donors (Lipinski definition) is 1. The summed E-state index contributed by atoms with van der Waals surface area (Å²) in [6.45, 7) is 7.02. The molecule has 1 N–H and O–H groups in total. The second kappa shape index (κ2) is 5.49. The van der Waals surface area contributed by atoms with Crippen LogP contribution in [0.2, 0.25) is 0 Å². The van der Waals surface area contributed by atoms with Gasteiger partial charge in [0.2, 0.25) is 0 Å². The van der Waals surface area contributed by atoms with E-state index < -0.39 is 0 Å². The van der Waals surface area contributed by atoms with E-state index >= 15 is 0 Å². The van der Waals surface area contributed by atoms with Crippen molar-refractivity contribution in [2.24, 2.45) is 0 Å². The Bertz CT molecular complexity index is 506. The predicted molar refractivity (Wildman–Crippen MR) is 78.3 cm³/mol. The van der Waals surface area contributed by atoms with Gasteiger partial charge in [-0.25, -0.2) is 4.98 Å². The summed E-state index contributed by atoms with van der Waals surface area (Å²) in [5.41, 5.74) is 1.13. The summed E-state index contributed by atoms with van der Waals surface area (Å²) in [4.78, 5) is 5.75.